The highest BCUT2D eigenvalue weighted by molar-refractivity contribution is 5.89. The molecule has 0 bridgehead atoms. The lowest BCUT2D eigenvalue weighted by Gasteiger charge is -2.62. The maximum absolute atomic E-state index is 13.9. The molecule has 0 N–H and O–H groups in total. The molecule has 4 nitrogen and oxygen atoms in total. The van der Waals surface area contributed by atoms with Crippen LogP contribution >= 0.6 is 0 Å². The average molecular weight is 823 g/mol. The van der Waals surface area contributed by atoms with Crippen LogP contribution < -0.4 is 0 Å². The minimum Gasteiger partial charge on any atom is -0.459 e. The first-order valence-electron chi connectivity index (χ1n) is 24.1. The number of hydrogen-bond acceptors (Lipinski definition) is 4. The molecule has 4 saturated carbocycles. The van der Waals surface area contributed by atoms with Crippen LogP contribution in [0, 0.1) is 66.1 Å². The van der Waals surface area contributed by atoms with E-state index in [4.69, 9.17) is 14.5 Å². The van der Waals surface area contributed by atoms with Crippen LogP contribution in [0.1, 0.15) is 155 Å². The summed E-state index contributed by atoms with van der Waals surface area (Å²) in [6.07, 6.45) is 14.8. The van der Waals surface area contributed by atoms with Gasteiger partial charge in [0.1, 0.15) is 12.7 Å². The van der Waals surface area contributed by atoms with E-state index in [1.165, 1.54) is 72.8 Å². The number of rotatable bonds is 15. The number of esters is 1. The van der Waals surface area contributed by atoms with Crippen LogP contribution in [0.15, 0.2) is 97.1 Å². The minimum absolute atomic E-state index is 0.0359. The van der Waals surface area contributed by atoms with Crippen molar-refractivity contribution >= 4 is 5.97 Å². The van der Waals surface area contributed by atoms with Crippen molar-refractivity contribution in [3.8, 4) is 0 Å². The smallest absolute Gasteiger partial charge is 0.338 e. The molecule has 8 rings (SSSR count). The topological polar surface area (TPSA) is 44.8 Å². The van der Waals surface area contributed by atoms with Gasteiger partial charge in [-0.2, -0.15) is 0 Å². The quantitative estimate of drug-likeness (QED) is 0.0681. The van der Waals surface area contributed by atoms with Crippen molar-refractivity contribution in [2.75, 3.05) is 0 Å². The fourth-order valence-corrected chi connectivity index (χ4v) is 13.4. The van der Waals surface area contributed by atoms with Gasteiger partial charge in [-0.3, -0.25) is 0 Å². The summed E-state index contributed by atoms with van der Waals surface area (Å²) in [7, 11) is 0. The molecule has 0 saturated heterocycles. The van der Waals surface area contributed by atoms with E-state index >= 15 is 0 Å². The van der Waals surface area contributed by atoms with Gasteiger partial charge in [0, 0.05) is 0 Å². The molecule has 0 aliphatic heterocycles. The van der Waals surface area contributed by atoms with E-state index in [9.17, 15) is 4.79 Å². The van der Waals surface area contributed by atoms with Gasteiger partial charge in [-0.25, -0.2) is 14.6 Å². The molecule has 10 unspecified atom stereocenters. The number of carbonyl (C=O) groups excluding carboxylic acids is 1. The van der Waals surface area contributed by atoms with Gasteiger partial charge in [0.25, 0.3) is 0 Å². The molecule has 4 fully saturated rings. The molecule has 0 heterocycles. The van der Waals surface area contributed by atoms with Gasteiger partial charge in [-0.1, -0.05) is 150 Å². The molecular weight excluding hydrogens is 749 g/mol. The zero-order valence-corrected chi connectivity index (χ0v) is 38.5. The summed E-state index contributed by atoms with van der Waals surface area (Å²) in [6, 6.07) is 34.3. The van der Waals surface area contributed by atoms with Gasteiger partial charge < -0.3 is 4.74 Å². The third-order valence-electron chi connectivity index (χ3n) is 16.7. The number of ether oxygens (including phenoxy) is 1. The summed E-state index contributed by atoms with van der Waals surface area (Å²) in [4.78, 5) is 27.0. The van der Waals surface area contributed by atoms with E-state index in [0.717, 1.165) is 73.3 Å². The molecule has 0 amide bonds. The Bertz CT molecular complexity index is 2070. The van der Waals surface area contributed by atoms with E-state index < -0.39 is 0 Å². The van der Waals surface area contributed by atoms with Crippen LogP contribution in [-0.4, -0.2) is 18.2 Å². The molecule has 0 aromatic heterocycles. The zero-order valence-electron chi connectivity index (χ0n) is 38.5. The van der Waals surface area contributed by atoms with Gasteiger partial charge in [-0.15, -0.1) is 0 Å². The van der Waals surface area contributed by atoms with Crippen molar-refractivity contribution in [1.29, 1.82) is 0 Å². The first-order chi connectivity index (χ1) is 29.4. The Morgan fingerprint density at radius 3 is 1.97 bits per heavy atom. The number of benzene rings is 4. The predicted octanol–water partition coefficient (Wildman–Crippen LogP) is 14.3. The number of hydrogen-bond donors (Lipinski definition) is 0. The van der Waals surface area contributed by atoms with E-state index in [1.54, 1.807) is 0 Å². The normalized spacial score (nSPS) is 30.0. The summed E-state index contributed by atoms with van der Waals surface area (Å²) in [6.45, 7) is 17.2. The number of fused-ring (bicyclic) bond motifs is 5. The van der Waals surface area contributed by atoms with Gasteiger partial charge in [0.15, 0.2) is 0 Å². The Labute approximate surface area is 368 Å². The van der Waals surface area contributed by atoms with Crippen LogP contribution in [-0.2, 0) is 34.0 Å². The van der Waals surface area contributed by atoms with E-state index in [2.05, 4.69) is 127 Å². The zero-order chi connectivity index (χ0) is 42.7. The highest BCUT2D eigenvalue weighted by Crippen LogP contribution is 2.69. The van der Waals surface area contributed by atoms with Crippen LogP contribution in [0.3, 0.4) is 0 Å². The molecule has 0 radical (unpaired) electrons. The Kier molecular flexibility index (Phi) is 13.6. The SMILES string of the molecule is Cc1ccc(Cc2cccc(COOC3CC4C5CCC(C(C)CCCC(C)C)C5(C)CCC4C4(C)CCC(OC(=O)c5cccc(Cc6ccc(C)cc6)c5)CC34)c2)cc1. The summed E-state index contributed by atoms with van der Waals surface area (Å²) in [5.74, 6) is 4.46. The second kappa shape index (κ2) is 18.9. The Morgan fingerprint density at radius 2 is 1.28 bits per heavy atom. The third-order valence-corrected chi connectivity index (χ3v) is 16.7. The molecule has 0 spiro atoms. The first-order valence-corrected chi connectivity index (χ1v) is 24.1. The molecule has 4 aliphatic rings. The van der Waals surface area contributed by atoms with Crippen LogP contribution in [0.2, 0.25) is 0 Å². The Morgan fingerprint density at radius 1 is 0.656 bits per heavy atom. The summed E-state index contributed by atoms with van der Waals surface area (Å²) in [5.41, 5.74) is 9.80. The van der Waals surface area contributed by atoms with Gasteiger partial charge in [0.2, 0.25) is 0 Å². The number of carbonyl (C=O) groups is 1. The molecule has 10 atom stereocenters. The maximum Gasteiger partial charge on any atom is 0.338 e. The van der Waals surface area contributed by atoms with Crippen LogP contribution in [0.5, 0.6) is 0 Å². The molecule has 4 aliphatic carbocycles. The second-order valence-electron chi connectivity index (χ2n) is 21.3. The van der Waals surface area contributed by atoms with Gasteiger partial charge >= 0.3 is 5.97 Å². The van der Waals surface area contributed by atoms with E-state index in [1.807, 2.05) is 18.2 Å². The highest BCUT2D eigenvalue weighted by atomic mass is 17.2. The highest BCUT2D eigenvalue weighted by Gasteiger charge is 2.63. The molecule has 4 heteroatoms. The molecular formula is C57H74O4. The van der Waals surface area contributed by atoms with Crippen molar-refractivity contribution in [2.45, 2.75) is 151 Å². The lowest BCUT2D eigenvalue weighted by molar-refractivity contribution is -0.365. The molecule has 61 heavy (non-hydrogen) atoms. The van der Waals surface area contributed by atoms with E-state index in [0.29, 0.717) is 29.4 Å². The van der Waals surface area contributed by atoms with Crippen molar-refractivity contribution in [2.24, 2.45) is 52.3 Å². The van der Waals surface area contributed by atoms with Gasteiger partial charge in [-0.05, 0) is 170 Å². The summed E-state index contributed by atoms with van der Waals surface area (Å²) in [5, 5.41) is 0. The monoisotopic (exact) mass is 823 g/mol. The Balaban J connectivity index is 0.981. The molecule has 326 valence electrons. The lowest BCUT2D eigenvalue weighted by atomic mass is 9.43. The van der Waals surface area contributed by atoms with E-state index in [-0.39, 0.29) is 29.5 Å². The first kappa shape index (κ1) is 43.9. The predicted molar refractivity (Wildman–Crippen MR) is 248 cm³/mol. The fraction of sp³-hybridized carbons (Fsp3) is 0.561. The molecule has 4 aromatic carbocycles. The van der Waals surface area contributed by atoms with Crippen molar-refractivity contribution in [3.05, 3.63) is 142 Å². The lowest BCUT2D eigenvalue weighted by Crippen LogP contribution is -2.59. The van der Waals surface area contributed by atoms with Crippen LogP contribution in [0.4, 0.5) is 0 Å². The largest absolute Gasteiger partial charge is 0.459 e. The van der Waals surface area contributed by atoms with Gasteiger partial charge in [0.05, 0.1) is 11.7 Å². The van der Waals surface area contributed by atoms with Crippen LogP contribution in [0.25, 0.3) is 0 Å². The second-order valence-corrected chi connectivity index (χ2v) is 21.3. The number of aryl methyl sites for hydroxylation is 2. The standard InChI is InChI=1S/C57H74O4/c1-38(2)11-8-12-41(5)50-25-26-51-49-36-54(61-59-37-46-15-9-13-44(33-46)31-42-21-17-39(3)18-22-42)53-35-48(27-29-57(53,7)52(49)28-30-56(50,51)6)60-55(58)47-16-10-14-45(34-47)32-43-23-19-40(4)20-24-43/h9-10,13-24,33-34,38,41,48-54H,8,11-12,25-32,35-37H2,1-7H3. The van der Waals surface area contributed by atoms with Crippen molar-refractivity contribution in [1.82, 2.24) is 0 Å². The summed E-state index contributed by atoms with van der Waals surface area (Å²) < 4.78 is 6.46. The minimum atomic E-state index is -0.208. The average Bonchev–Trinajstić information content (AvgIpc) is 3.60. The molecule has 4 aromatic rings. The van der Waals surface area contributed by atoms with Crippen molar-refractivity contribution in [3.63, 3.8) is 0 Å². The van der Waals surface area contributed by atoms with Crippen molar-refractivity contribution < 1.29 is 19.3 Å². The fourth-order valence-electron chi connectivity index (χ4n) is 13.4. The third kappa shape index (κ3) is 9.92. The Hall–Kier alpha value is -3.73. The summed E-state index contributed by atoms with van der Waals surface area (Å²) >= 11 is 0. The maximum atomic E-state index is 13.9.